The summed E-state index contributed by atoms with van der Waals surface area (Å²) in [6.07, 6.45) is 2.89. The minimum Gasteiger partial charge on any atom is -0.394 e. The van der Waals surface area contributed by atoms with Crippen molar-refractivity contribution in [1.29, 1.82) is 0 Å². The Hall–Kier alpha value is -1.30. The minimum atomic E-state index is -0.151. The van der Waals surface area contributed by atoms with E-state index in [4.69, 9.17) is 16.7 Å². The number of carbonyl (C=O) groups excluding carboxylic acids is 1. The highest BCUT2D eigenvalue weighted by Crippen LogP contribution is 2.28. The van der Waals surface area contributed by atoms with Crippen LogP contribution in [0.1, 0.15) is 19.8 Å². The second-order valence-corrected chi connectivity index (χ2v) is 6.50. The Bertz CT molecular complexity index is 647. The third-order valence-electron chi connectivity index (χ3n) is 3.33. The summed E-state index contributed by atoms with van der Waals surface area (Å²) in [5.74, 6) is 0.643. The topological polar surface area (TPSA) is 62.2 Å². The van der Waals surface area contributed by atoms with Crippen LogP contribution in [0.5, 0.6) is 0 Å². The van der Waals surface area contributed by atoms with Gasteiger partial charge in [0.25, 0.3) is 0 Å². The molecule has 0 fully saturated rings. The summed E-state index contributed by atoms with van der Waals surface area (Å²) in [5, 5.41) is 13.6. The SMILES string of the molecule is CCC(CO)NC(=O)CCSc1ccnc2cc(Cl)ccc12. The third kappa shape index (κ3) is 4.60. The van der Waals surface area contributed by atoms with E-state index in [1.807, 2.05) is 31.2 Å². The molecule has 0 saturated heterocycles. The fourth-order valence-electron chi connectivity index (χ4n) is 2.05. The van der Waals surface area contributed by atoms with Crippen LogP contribution in [0.25, 0.3) is 10.9 Å². The second kappa shape index (κ2) is 8.36. The van der Waals surface area contributed by atoms with Crippen molar-refractivity contribution in [2.75, 3.05) is 12.4 Å². The number of aromatic nitrogens is 1. The molecule has 1 heterocycles. The van der Waals surface area contributed by atoms with Crippen LogP contribution >= 0.6 is 23.4 Å². The molecule has 1 amide bonds. The molecule has 0 aliphatic carbocycles. The second-order valence-electron chi connectivity index (χ2n) is 4.92. The Morgan fingerprint density at radius 3 is 3.00 bits per heavy atom. The molecule has 0 spiro atoms. The maximum Gasteiger partial charge on any atom is 0.221 e. The monoisotopic (exact) mass is 338 g/mol. The van der Waals surface area contributed by atoms with E-state index in [2.05, 4.69) is 10.3 Å². The maximum atomic E-state index is 11.8. The number of rotatable bonds is 7. The number of hydrogen-bond acceptors (Lipinski definition) is 4. The highest BCUT2D eigenvalue weighted by atomic mass is 35.5. The molecule has 0 aliphatic rings. The van der Waals surface area contributed by atoms with E-state index in [-0.39, 0.29) is 18.6 Å². The summed E-state index contributed by atoms with van der Waals surface area (Å²) >= 11 is 7.59. The fourth-order valence-corrected chi connectivity index (χ4v) is 3.21. The normalized spacial score (nSPS) is 12.3. The van der Waals surface area contributed by atoms with Crippen LogP contribution in [0.3, 0.4) is 0 Å². The number of carbonyl (C=O) groups is 1. The van der Waals surface area contributed by atoms with Gasteiger partial charge in [-0.15, -0.1) is 11.8 Å². The average Bonchev–Trinajstić information content (AvgIpc) is 2.52. The van der Waals surface area contributed by atoms with Gasteiger partial charge in [0.1, 0.15) is 0 Å². The lowest BCUT2D eigenvalue weighted by molar-refractivity contribution is -0.121. The molecule has 2 aromatic rings. The number of pyridine rings is 1. The van der Waals surface area contributed by atoms with E-state index in [0.29, 0.717) is 17.2 Å². The predicted molar refractivity (Wildman–Crippen MR) is 91.4 cm³/mol. The van der Waals surface area contributed by atoms with E-state index in [1.54, 1.807) is 18.0 Å². The molecular formula is C16H19ClN2O2S. The standard InChI is InChI=1S/C16H19ClN2O2S/c1-2-12(10-20)19-16(21)6-8-22-15-5-7-18-14-9-11(17)3-4-13(14)15/h3-5,7,9,12,20H,2,6,8,10H2,1H3,(H,19,21). The summed E-state index contributed by atoms with van der Waals surface area (Å²) in [6.45, 7) is 1.91. The summed E-state index contributed by atoms with van der Waals surface area (Å²) in [7, 11) is 0. The molecule has 1 aromatic heterocycles. The number of benzene rings is 1. The molecule has 0 radical (unpaired) electrons. The van der Waals surface area contributed by atoms with Crippen molar-refractivity contribution in [2.45, 2.75) is 30.7 Å². The van der Waals surface area contributed by atoms with Gasteiger partial charge in [0.15, 0.2) is 0 Å². The summed E-state index contributed by atoms with van der Waals surface area (Å²) in [6, 6.07) is 7.42. The minimum absolute atomic E-state index is 0.0227. The molecule has 0 aliphatic heterocycles. The first kappa shape index (κ1) is 17.1. The highest BCUT2D eigenvalue weighted by Gasteiger charge is 2.09. The Morgan fingerprint density at radius 2 is 2.27 bits per heavy atom. The lowest BCUT2D eigenvalue weighted by Gasteiger charge is -2.13. The zero-order valence-corrected chi connectivity index (χ0v) is 14.0. The third-order valence-corrected chi connectivity index (χ3v) is 4.64. The number of aliphatic hydroxyl groups excluding tert-OH is 1. The predicted octanol–water partition coefficient (Wildman–Crippen LogP) is 3.26. The molecule has 2 rings (SSSR count). The number of nitrogens with zero attached hydrogens (tertiary/aromatic N) is 1. The molecule has 2 N–H and O–H groups in total. The quantitative estimate of drug-likeness (QED) is 0.761. The van der Waals surface area contributed by atoms with Crippen LogP contribution in [0, 0.1) is 0 Å². The summed E-state index contributed by atoms with van der Waals surface area (Å²) in [5.41, 5.74) is 0.855. The van der Waals surface area contributed by atoms with Gasteiger partial charge in [0.2, 0.25) is 5.91 Å². The van der Waals surface area contributed by atoms with Crippen molar-refractivity contribution in [3.05, 3.63) is 35.5 Å². The molecule has 4 nitrogen and oxygen atoms in total. The zero-order chi connectivity index (χ0) is 15.9. The van der Waals surface area contributed by atoms with E-state index < -0.39 is 0 Å². The van der Waals surface area contributed by atoms with Crippen LogP contribution in [0.4, 0.5) is 0 Å². The van der Waals surface area contributed by atoms with E-state index >= 15 is 0 Å². The number of fused-ring (bicyclic) bond motifs is 1. The van der Waals surface area contributed by atoms with Crippen molar-refractivity contribution in [1.82, 2.24) is 10.3 Å². The van der Waals surface area contributed by atoms with Crippen LogP contribution < -0.4 is 5.32 Å². The number of aliphatic hydroxyl groups is 1. The first-order chi connectivity index (χ1) is 10.6. The number of halogens is 1. The van der Waals surface area contributed by atoms with Gasteiger partial charge in [0, 0.05) is 33.7 Å². The Kier molecular flexibility index (Phi) is 6.49. The van der Waals surface area contributed by atoms with Crippen LogP contribution in [-0.2, 0) is 4.79 Å². The van der Waals surface area contributed by atoms with Gasteiger partial charge in [-0.2, -0.15) is 0 Å². The molecular weight excluding hydrogens is 320 g/mol. The van der Waals surface area contributed by atoms with Gasteiger partial charge in [-0.3, -0.25) is 9.78 Å². The van der Waals surface area contributed by atoms with Crippen LogP contribution in [0.15, 0.2) is 35.4 Å². The maximum absolute atomic E-state index is 11.8. The van der Waals surface area contributed by atoms with Crippen molar-refractivity contribution in [3.8, 4) is 0 Å². The van der Waals surface area contributed by atoms with Crippen LogP contribution in [0.2, 0.25) is 5.02 Å². The number of nitrogens with one attached hydrogen (secondary N) is 1. The summed E-state index contributed by atoms with van der Waals surface area (Å²) in [4.78, 5) is 17.2. The zero-order valence-electron chi connectivity index (χ0n) is 12.4. The fraction of sp³-hybridized carbons (Fsp3) is 0.375. The first-order valence-electron chi connectivity index (χ1n) is 7.21. The van der Waals surface area contributed by atoms with Crippen molar-refractivity contribution in [3.63, 3.8) is 0 Å². The lowest BCUT2D eigenvalue weighted by Crippen LogP contribution is -2.37. The molecule has 118 valence electrons. The van der Waals surface area contributed by atoms with Gasteiger partial charge in [-0.05, 0) is 24.6 Å². The van der Waals surface area contributed by atoms with E-state index in [9.17, 15) is 4.79 Å². The van der Waals surface area contributed by atoms with E-state index in [1.165, 1.54) is 0 Å². The van der Waals surface area contributed by atoms with Gasteiger partial charge >= 0.3 is 0 Å². The van der Waals surface area contributed by atoms with E-state index in [0.717, 1.165) is 22.2 Å². The van der Waals surface area contributed by atoms with Gasteiger partial charge in [-0.25, -0.2) is 0 Å². The van der Waals surface area contributed by atoms with Crippen LogP contribution in [-0.4, -0.2) is 34.4 Å². The smallest absolute Gasteiger partial charge is 0.221 e. The van der Waals surface area contributed by atoms with Gasteiger partial charge in [-0.1, -0.05) is 24.6 Å². The van der Waals surface area contributed by atoms with Crippen molar-refractivity contribution >= 4 is 40.2 Å². The van der Waals surface area contributed by atoms with Crippen molar-refractivity contribution < 1.29 is 9.90 Å². The lowest BCUT2D eigenvalue weighted by atomic mass is 10.2. The Morgan fingerprint density at radius 1 is 1.45 bits per heavy atom. The molecule has 1 aromatic carbocycles. The largest absolute Gasteiger partial charge is 0.394 e. The Balaban J connectivity index is 1.93. The Labute approximate surface area is 139 Å². The number of hydrogen-bond donors (Lipinski definition) is 2. The number of thioether (sulfide) groups is 1. The average molecular weight is 339 g/mol. The molecule has 0 bridgehead atoms. The molecule has 0 saturated carbocycles. The summed E-state index contributed by atoms with van der Waals surface area (Å²) < 4.78 is 0. The van der Waals surface area contributed by atoms with Crippen molar-refractivity contribution in [2.24, 2.45) is 0 Å². The van der Waals surface area contributed by atoms with Gasteiger partial charge < -0.3 is 10.4 Å². The molecule has 1 atom stereocenters. The molecule has 1 unspecified atom stereocenters. The highest BCUT2D eigenvalue weighted by molar-refractivity contribution is 7.99. The van der Waals surface area contributed by atoms with Gasteiger partial charge in [0.05, 0.1) is 18.2 Å². The first-order valence-corrected chi connectivity index (χ1v) is 8.57. The molecule has 6 heteroatoms. The molecule has 22 heavy (non-hydrogen) atoms. The number of amides is 1.